The van der Waals surface area contributed by atoms with Crippen LogP contribution in [-0.4, -0.2) is 40.3 Å². The van der Waals surface area contributed by atoms with Crippen LogP contribution < -0.4 is 15.9 Å². The largest absolute Gasteiger partial charge is 0.372 e. The van der Waals surface area contributed by atoms with Crippen LogP contribution in [0.25, 0.3) is 11.0 Å². The molecule has 2 atom stereocenters. The Morgan fingerprint density at radius 2 is 1.61 bits per heavy atom. The zero-order chi connectivity index (χ0) is 22.0. The zero-order valence-corrected chi connectivity index (χ0v) is 18.4. The maximum absolute atomic E-state index is 12.7. The van der Waals surface area contributed by atoms with Crippen molar-refractivity contribution in [3.05, 3.63) is 59.0 Å². The van der Waals surface area contributed by atoms with Gasteiger partial charge in [0.15, 0.2) is 0 Å². The van der Waals surface area contributed by atoms with Gasteiger partial charge in [-0.1, -0.05) is 12.1 Å². The van der Waals surface area contributed by atoms with E-state index in [1.807, 2.05) is 55.5 Å². The normalized spacial score (nSPS) is 19.0. The van der Waals surface area contributed by atoms with Crippen molar-refractivity contribution in [3.8, 4) is 0 Å². The number of rotatable bonds is 6. The van der Waals surface area contributed by atoms with Gasteiger partial charge in [0.1, 0.15) is 0 Å². The van der Waals surface area contributed by atoms with Crippen molar-refractivity contribution in [2.45, 2.75) is 52.5 Å². The zero-order valence-electron chi connectivity index (χ0n) is 18.4. The minimum absolute atomic E-state index is 0.0742. The molecule has 1 aromatic heterocycles. The van der Waals surface area contributed by atoms with Crippen LogP contribution in [0.4, 0.5) is 11.4 Å². The standard InChI is InChI=1S/C24H30N4O3/c1-4-27-21-7-5-6-8-22(21)28(24(27)30)14-13-23(29)25-19-9-11-20(12-10-19)26-15-17(2)31-18(3)16-26/h5-12,17-18H,4,13-16H2,1-3H3,(H,25,29). The number of fused-ring (bicyclic) bond motifs is 1. The first-order valence-corrected chi connectivity index (χ1v) is 10.9. The molecule has 7 heteroatoms. The van der Waals surface area contributed by atoms with E-state index in [0.29, 0.717) is 13.1 Å². The number of para-hydroxylation sites is 2. The van der Waals surface area contributed by atoms with E-state index in [0.717, 1.165) is 35.5 Å². The van der Waals surface area contributed by atoms with E-state index in [1.165, 1.54) is 0 Å². The van der Waals surface area contributed by atoms with Gasteiger partial charge in [0.2, 0.25) is 5.91 Å². The molecular weight excluding hydrogens is 392 g/mol. The van der Waals surface area contributed by atoms with Gasteiger partial charge in [-0.3, -0.25) is 13.9 Å². The minimum atomic E-state index is -0.110. The molecule has 1 saturated heterocycles. The second kappa shape index (κ2) is 8.98. The third-order valence-corrected chi connectivity index (χ3v) is 5.74. The van der Waals surface area contributed by atoms with Crippen molar-refractivity contribution in [3.63, 3.8) is 0 Å². The van der Waals surface area contributed by atoms with Crippen molar-refractivity contribution in [1.82, 2.24) is 9.13 Å². The van der Waals surface area contributed by atoms with Gasteiger partial charge in [0, 0.05) is 44.0 Å². The topological polar surface area (TPSA) is 68.5 Å². The molecular formula is C24H30N4O3. The van der Waals surface area contributed by atoms with E-state index >= 15 is 0 Å². The summed E-state index contributed by atoms with van der Waals surface area (Å²) in [5.74, 6) is -0.110. The number of aromatic nitrogens is 2. The molecule has 0 aliphatic carbocycles. The summed E-state index contributed by atoms with van der Waals surface area (Å²) in [6, 6.07) is 15.6. The molecule has 1 N–H and O–H groups in total. The van der Waals surface area contributed by atoms with Crippen LogP contribution in [0.3, 0.4) is 0 Å². The lowest BCUT2D eigenvalue weighted by atomic mass is 10.2. The quantitative estimate of drug-likeness (QED) is 0.661. The van der Waals surface area contributed by atoms with Crippen LogP contribution in [0.5, 0.6) is 0 Å². The highest BCUT2D eigenvalue weighted by atomic mass is 16.5. The number of hydrogen-bond donors (Lipinski definition) is 1. The lowest BCUT2D eigenvalue weighted by Gasteiger charge is -2.36. The second-order valence-corrected chi connectivity index (χ2v) is 8.17. The van der Waals surface area contributed by atoms with E-state index < -0.39 is 0 Å². The predicted octanol–water partition coefficient (Wildman–Crippen LogP) is 3.47. The van der Waals surface area contributed by atoms with Gasteiger partial charge in [0.25, 0.3) is 0 Å². The first-order chi connectivity index (χ1) is 15.0. The molecule has 3 aromatic rings. The third-order valence-electron chi connectivity index (χ3n) is 5.74. The van der Waals surface area contributed by atoms with Gasteiger partial charge in [0.05, 0.1) is 23.2 Å². The molecule has 164 valence electrons. The number of morpholine rings is 1. The van der Waals surface area contributed by atoms with E-state index in [1.54, 1.807) is 9.13 Å². The molecule has 1 fully saturated rings. The summed E-state index contributed by atoms with van der Waals surface area (Å²) < 4.78 is 9.22. The molecule has 0 saturated carbocycles. The van der Waals surface area contributed by atoms with Crippen LogP contribution in [0.2, 0.25) is 0 Å². The van der Waals surface area contributed by atoms with Gasteiger partial charge < -0.3 is 15.0 Å². The number of nitrogens with zero attached hydrogens (tertiary/aromatic N) is 3. The molecule has 1 amide bonds. The van der Waals surface area contributed by atoms with E-state index in [-0.39, 0.29) is 30.2 Å². The maximum atomic E-state index is 12.7. The van der Waals surface area contributed by atoms with Crippen LogP contribution >= 0.6 is 0 Å². The van der Waals surface area contributed by atoms with Gasteiger partial charge in [-0.25, -0.2) is 4.79 Å². The maximum Gasteiger partial charge on any atom is 0.329 e. The van der Waals surface area contributed by atoms with Crippen molar-refractivity contribution < 1.29 is 9.53 Å². The number of anilines is 2. The molecule has 0 spiro atoms. The average molecular weight is 423 g/mol. The number of imidazole rings is 1. The number of carbonyl (C=O) groups is 1. The Kier molecular flexibility index (Phi) is 6.13. The van der Waals surface area contributed by atoms with Crippen molar-refractivity contribution in [2.75, 3.05) is 23.3 Å². The van der Waals surface area contributed by atoms with Gasteiger partial charge in [-0.05, 0) is 57.2 Å². The van der Waals surface area contributed by atoms with E-state index in [2.05, 4.69) is 24.1 Å². The summed E-state index contributed by atoms with van der Waals surface area (Å²) >= 11 is 0. The Morgan fingerprint density at radius 1 is 1.00 bits per heavy atom. The van der Waals surface area contributed by atoms with E-state index in [9.17, 15) is 9.59 Å². The molecule has 1 aliphatic heterocycles. The lowest BCUT2D eigenvalue weighted by Crippen LogP contribution is -2.45. The molecule has 0 bridgehead atoms. The fraction of sp³-hybridized carbons (Fsp3) is 0.417. The van der Waals surface area contributed by atoms with Crippen LogP contribution in [0.15, 0.2) is 53.3 Å². The Bertz CT molecular complexity index is 1110. The number of benzene rings is 2. The molecule has 2 unspecified atom stereocenters. The van der Waals surface area contributed by atoms with Crippen molar-refractivity contribution >= 4 is 28.3 Å². The van der Waals surface area contributed by atoms with Crippen molar-refractivity contribution in [2.24, 2.45) is 0 Å². The second-order valence-electron chi connectivity index (χ2n) is 8.17. The number of hydrogen-bond acceptors (Lipinski definition) is 4. The molecule has 4 rings (SSSR count). The smallest absolute Gasteiger partial charge is 0.329 e. The number of aryl methyl sites for hydroxylation is 2. The molecule has 1 aliphatic rings. The molecule has 2 heterocycles. The number of ether oxygens (including phenoxy) is 1. The summed E-state index contributed by atoms with van der Waals surface area (Å²) in [7, 11) is 0. The molecule has 0 radical (unpaired) electrons. The Labute approximate surface area is 182 Å². The molecule has 7 nitrogen and oxygen atoms in total. The minimum Gasteiger partial charge on any atom is -0.372 e. The lowest BCUT2D eigenvalue weighted by molar-refractivity contribution is -0.116. The number of amides is 1. The number of nitrogens with one attached hydrogen (secondary N) is 1. The average Bonchev–Trinajstić information content (AvgIpc) is 3.02. The van der Waals surface area contributed by atoms with Gasteiger partial charge >= 0.3 is 5.69 Å². The fourth-order valence-electron chi connectivity index (χ4n) is 4.38. The van der Waals surface area contributed by atoms with Crippen LogP contribution in [0.1, 0.15) is 27.2 Å². The highest BCUT2D eigenvalue weighted by Gasteiger charge is 2.22. The fourth-order valence-corrected chi connectivity index (χ4v) is 4.38. The Hall–Kier alpha value is -3.06. The summed E-state index contributed by atoms with van der Waals surface area (Å²) in [5.41, 5.74) is 3.57. The van der Waals surface area contributed by atoms with Crippen LogP contribution in [-0.2, 0) is 22.6 Å². The van der Waals surface area contributed by atoms with E-state index in [4.69, 9.17) is 4.74 Å². The summed E-state index contributed by atoms with van der Waals surface area (Å²) in [6.45, 7) is 8.78. The first kappa shape index (κ1) is 21.2. The SMILES string of the molecule is CCn1c(=O)n(CCC(=O)Nc2ccc(N3CC(C)OC(C)C3)cc2)c2ccccc21. The van der Waals surface area contributed by atoms with Gasteiger partial charge in [-0.15, -0.1) is 0 Å². The van der Waals surface area contributed by atoms with Crippen molar-refractivity contribution in [1.29, 1.82) is 0 Å². The highest BCUT2D eigenvalue weighted by Crippen LogP contribution is 2.22. The highest BCUT2D eigenvalue weighted by molar-refractivity contribution is 5.91. The number of carbonyl (C=O) groups excluding carboxylic acids is 1. The Balaban J connectivity index is 1.39. The first-order valence-electron chi connectivity index (χ1n) is 10.9. The summed E-state index contributed by atoms with van der Waals surface area (Å²) in [4.78, 5) is 27.5. The Morgan fingerprint density at radius 3 is 2.23 bits per heavy atom. The van der Waals surface area contributed by atoms with Gasteiger partial charge in [-0.2, -0.15) is 0 Å². The third kappa shape index (κ3) is 4.51. The summed E-state index contributed by atoms with van der Waals surface area (Å²) in [6.07, 6.45) is 0.633. The monoisotopic (exact) mass is 422 g/mol. The molecule has 2 aromatic carbocycles. The van der Waals surface area contributed by atoms with Crippen LogP contribution in [0, 0.1) is 0 Å². The molecule has 31 heavy (non-hydrogen) atoms. The summed E-state index contributed by atoms with van der Waals surface area (Å²) in [5, 5.41) is 2.94. The predicted molar refractivity (Wildman–Crippen MR) is 124 cm³/mol.